The van der Waals surface area contributed by atoms with Crippen molar-refractivity contribution in [2.75, 3.05) is 32.0 Å². The zero-order valence-corrected chi connectivity index (χ0v) is 16.5. The van der Waals surface area contributed by atoms with Gasteiger partial charge in [-0.15, -0.1) is 6.58 Å². The second kappa shape index (κ2) is 8.41. The summed E-state index contributed by atoms with van der Waals surface area (Å²) in [6, 6.07) is 6.91. The number of amides is 2. The number of piperidine rings is 1. The summed E-state index contributed by atoms with van der Waals surface area (Å²) in [5.41, 5.74) is 0.563. The van der Waals surface area contributed by atoms with E-state index in [0.29, 0.717) is 5.69 Å². The van der Waals surface area contributed by atoms with Crippen molar-refractivity contribution in [2.24, 2.45) is 0 Å². The van der Waals surface area contributed by atoms with Crippen LogP contribution in [0.3, 0.4) is 0 Å². The molecule has 0 bridgehead atoms. The highest BCUT2D eigenvalue weighted by Gasteiger charge is 2.32. The Labute approximate surface area is 161 Å². The van der Waals surface area contributed by atoms with E-state index in [1.54, 1.807) is 12.1 Å². The van der Waals surface area contributed by atoms with Crippen LogP contribution in [0.25, 0.3) is 0 Å². The van der Waals surface area contributed by atoms with Crippen molar-refractivity contribution in [1.82, 2.24) is 14.5 Å². The lowest BCUT2D eigenvalue weighted by atomic mass is 10.1. The van der Waals surface area contributed by atoms with Gasteiger partial charge in [0.2, 0.25) is 10.0 Å². The van der Waals surface area contributed by atoms with Crippen molar-refractivity contribution >= 4 is 21.7 Å². The van der Waals surface area contributed by atoms with Gasteiger partial charge >= 0.3 is 6.03 Å². The van der Waals surface area contributed by atoms with E-state index >= 15 is 0 Å². The van der Waals surface area contributed by atoms with Gasteiger partial charge in [0.15, 0.2) is 0 Å². The van der Waals surface area contributed by atoms with Crippen molar-refractivity contribution in [3.8, 4) is 0 Å². The maximum absolute atomic E-state index is 12.4. The van der Waals surface area contributed by atoms with Gasteiger partial charge < -0.3 is 15.5 Å². The van der Waals surface area contributed by atoms with Gasteiger partial charge in [-0.3, -0.25) is 0 Å². The molecule has 7 nitrogen and oxygen atoms in total. The standard InChI is InChI=1S/C19H28N4O3S/c1-3-12-22(2)27(25,26)18-8-4-15(5-9-18)20-19(24)21-16-10-13-23(14-11-16)17-6-7-17/h3-5,8-9,16-17H,1,6-7,10-14H2,2H3,(H2,20,21,24). The number of benzene rings is 1. The minimum Gasteiger partial charge on any atom is -0.335 e. The largest absolute Gasteiger partial charge is 0.335 e. The fourth-order valence-corrected chi connectivity index (χ4v) is 4.51. The Morgan fingerprint density at radius 3 is 2.41 bits per heavy atom. The van der Waals surface area contributed by atoms with E-state index in [9.17, 15) is 13.2 Å². The summed E-state index contributed by atoms with van der Waals surface area (Å²) in [4.78, 5) is 14.9. The predicted molar refractivity (Wildman–Crippen MR) is 106 cm³/mol. The van der Waals surface area contributed by atoms with Crippen LogP contribution in [0.2, 0.25) is 0 Å². The number of likely N-dealkylation sites (N-methyl/N-ethyl adjacent to an activating group) is 1. The van der Waals surface area contributed by atoms with Crippen LogP contribution in [0.4, 0.5) is 10.5 Å². The lowest BCUT2D eigenvalue weighted by Crippen LogP contribution is -2.46. The zero-order valence-electron chi connectivity index (χ0n) is 15.7. The summed E-state index contributed by atoms with van der Waals surface area (Å²) < 4.78 is 26.0. The number of hydrogen-bond donors (Lipinski definition) is 2. The van der Waals surface area contributed by atoms with E-state index in [2.05, 4.69) is 22.1 Å². The van der Waals surface area contributed by atoms with E-state index in [-0.39, 0.29) is 23.5 Å². The molecule has 0 unspecified atom stereocenters. The molecule has 148 valence electrons. The number of rotatable bonds is 7. The van der Waals surface area contributed by atoms with Crippen LogP contribution in [0, 0.1) is 0 Å². The smallest absolute Gasteiger partial charge is 0.319 e. The first-order chi connectivity index (χ1) is 12.9. The molecule has 27 heavy (non-hydrogen) atoms. The highest BCUT2D eigenvalue weighted by atomic mass is 32.2. The van der Waals surface area contributed by atoms with Crippen LogP contribution in [0.5, 0.6) is 0 Å². The molecule has 0 spiro atoms. The van der Waals surface area contributed by atoms with Gasteiger partial charge in [-0.25, -0.2) is 13.2 Å². The van der Waals surface area contributed by atoms with E-state index in [1.807, 2.05) is 0 Å². The summed E-state index contributed by atoms with van der Waals surface area (Å²) in [6.07, 6.45) is 6.10. The Morgan fingerprint density at radius 2 is 1.85 bits per heavy atom. The molecule has 2 N–H and O–H groups in total. The summed E-state index contributed by atoms with van der Waals surface area (Å²) in [5.74, 6) is 0. The molecule has 1 aromatic carbocycles. The Hall–Kier alpha value is -1.90. The first-order valence-corrected chi connectivity index (χ1v) is 10.8. The van der Waals surface area contributed by atoms with Gasteiger partial charge in [-0.2, -0.15) is 4.31 Å². The average Bonchev–Trinajstić information content (AvgIpc) is 3.48. The Bertz CT molecular complexity index is 767. The van der Waals surface area contributed by atoms with Gasteiger partial charge in [-0.1, -0.05) is 6.08 Å². The molecule has 1 saturated heterocycles. The lowest BCUT2D eigenvalue weighted by molar-refractivity contribution is 0.189. The van der Waals surface area contributed by atoms with Gasteiger partial charge in [0, 0.05) is 44.5 Å². The molecule has 2 fully saturated rings. The average molecular weight is 393 g/mol. The van der Waals surface area contributed by atoms with Crippen molar-refractivity contribution in [1.29, 1.82) is 0 Å². The highest BCUT2D eigenvalue weighted by molar-refractivity contribution is 7.89. The predicted octanol–water partition coefficient (Wildman–Crippen LogP) is 2.24. The van der Waals surface area contributed by atoms with E-state index in [0.717, 1.165) is 32.0 Å². The quantitative estimate of drug-likeness (QED) is 0.698. The normalized spacial score (nSPS) is 19.0. The molecule has 2 amide bonds. The van der Waals surface area contributed by atoms with Gasteiger partial charge in [-0.05, 0) is 49.9 Å². The Kier molecular flexibility index (Phi) is 6.18. The number of likely N-dealkylation sites (tertiary alicyclic amines) is 1. The van der Waals surface area contributed by atoms with Gasteiger partial charge in [0.1, 0.15) is 0 Å². The van der Waals surface area contributed by atoms with E-state index in [4.69, 9.17) is 0 Å². The fraction of sp³-hybridized carbons (Fsp3) is 0.526. The SMILES string of the molecule is C=CCN(C)S(=O)(=O)c1ccc(NC(=O)NC2CCN(C3CC3)CC2)cc1. The molecule has 1 aliphatic carbocycles. The second-order valence-corrected chi connectivity index (χ2v) is 9.28. The number of urea groups is 1. The first-order valence-electron chi connectivity index (χ1n) is 9.39. The van der Waals surface area contributed by atoms with Gasteiger partial charge in [0.25, 0.3) is 0 Å². The number of hydrogen-bond acceptors (Lipinski definition) is 4. The first kappa shape index (κ1) is 19.9. The molecule has 3 rings (SSSR count). The number of carbonyl (C=O) groups is 1. The molecular formula is C19H28N4O3S. The third-order valence-corrected chi connectivity index (χ3v) is 6.97. The molecule has 0 radical (unpaired) electrons. The number of sulfonamides is 1. The molecule has 1 aliphatic heterocycles. The third kappa shape index (κ3) is 5.09. The fourth-order valence-electron chi connectivity index (χ4n) is 3.37. The lowest BCUT2D eigenvalue weighted by Gasteiger charge is -2.32. The highest BCUT2D eigenvalue weighted by Crippen LogP contribution is 2.29. The van der Waals surface area contributed by atoms with Crippen molar-refractivity contribution in [3.63, 3.8) is 0 Å². The number of nitrogens with zero attached hydrogens (tertiary/aromatic N) is 2. The van der Waals surface area contributed by atoms with Crippen LogP contribution in [-0.4, -0.2) is 62.4 Å². The minimum atomic E-state index is -3.55. The summed E-state index contributed by atoms with van der Waals surface area (Å²) in [6.45, 7) is 5.88. The molecule has 0 atom stereocenters. The van der Waals surface area contributed by atoms with Crippen molar-refractivity contribution < 1.29 is 13.2 Å². The topological polar surface area (TPSA) is 81.8 Å². The molecular weight excluding hydrogens is 364 g/mol. The zero-order chi connectivity index (χ0) is 19.4. The Balaban J connectivity index is 1.50. The minimum absolute atomic E-state index is 0.185. The summed E-state index contributed by atoms with van der Waals surface area (Å²) in [5, 5.41) is 5.79. The number of anilines is 1. The number of nitrogens with one attached hydrogen (secondary N) is 2. The van der Waals surface area contributed by atoms with Crippen molar-refractivity contribution in [3.05, 3.63) is 36.9 Å². The maximum atomic E-state index is 12.4. The molecule has 2 aliphatic rings. The van der Waals surface area contributed by atoms with Crippen LogP contribution in [0.15, 0.2) is 41.8 Å². The molecule has 0 aromatic heterocycles. The van der Waals surface area contributed by atoms with Crippen LogP contribution in [0.1, 0.15) is 25.7 Å². The van der Waals surface area contributed by atoms with Crippen molar-refractivity contribution in [2.45, 2.75) is 42.7 Å². The third-order valence-electron chi connectivity index (χ3n) is 5.13. The van der Waals surface area contributed by atoms with Crippen LogP contribution < -0.4 is 10.6 Å². The monoisotopic (exact) mass is 392 g/mol. The maximum Gasteiger partial charge on any atom is 0.319 e. The molecule has 1 saturated carbocycles. The number of carbonyl (C=O) groups excluding carboxylic acids is 1. The molecule has 8 heteroatoms. The summed E-state index contributed by atoms with van der Waals surface area (Å²) in [7, 11) is -2.04. The van der Waals surface area contributed by atoms with Gasteiger partial charge in [0.05, 0.1) is 4.90 Å². The summed E-state index contributed by atoms with van der Waals surface area (Å²) >= 11 is 0. The van der Waals surface area contributed by atoms with E-state index < -0.39 is 10.0 Å². The Morgan fingerprint density at radius 1 is 1.22 bits per heavy atom. The molecule has 1 aromatic rings. The van der Waals surface area contributed by atoms with Crippen LogP contribution in [-0.2, 0) is 10.0 Å². The van der Waals surface area contributed by atoms with E-state index in [1.165, 1.54) is 42.4 Å². The van der Waals surface area contributed by atoms with Crippen LogP contribution >= 0.6 is 0 Å². The molecule has 1 heterocycles. The second-order valence-electron chi connectivity index (χ2n) is 7.24.